The van der Waals surface area contributed by atoms with Gasteiger partial charge < -0.3 is 10.1 Å². The first-order valence-electron chi connectivity index (χ1n) is 6.52. The lowest BCUT2D eigenvalue weighted by molar-refractivity contribution is 0.0921. The largest absolute Gasteiger partial charge is 0.378 e. The van der Waals surface area contributed by atoms with Gasteiger partial charge in [0.05, 0.1) is 6.61 Å². The fourth-order valence-corrected chi connectivity index (χ4v) is 3.11. The van der Waals surface area contributed by atoms with Crippen LogP contribution in [-0.2, 0) is 11.3 Å². The molecule has 1 aromatic rings. The summed E-state index contributed by atoms with van der Waals surface area (Å²) in [4.78, 5) is 16.4. The quantitative estimate of drug-likeness (QED) is 0.859. The average molecular weight is 266 g/mol. The Labute approximate surface area is 111 Å². The van der Waals surface area contributed by atoms with Gasteiger partial charge in [0.1, 0.15) is 10.7 Å². The van der Waals surface area contributed by atoms with Crippen molar-refractivity contribution in [2.75, 3.05) is 7.11 Å². The number of nitrogens with one attached hydrogen (secondary N) is 1. The smallest absolute Gasteiger partial charge is 0.270 e. The molecule has 4 nitrogen and oxygen atoms in total. The van der Waals surface area contributed by atoms with Crippen LogP contribution in [0, 0.1) is 11.8 Å². The van der Waals surface area contributed by atoms with Gasteiger partial charge in [-0.05, 0) is 37.5 Å². The van der Waals surface area contributed by atoms with Gasteiger partial charge in [0.2, 0.25) is 0 Å². The summed E-state index contributed by atoms with van der Waals surface area (Å²) < 4.78 is 5.01. The molecule has 5 heteroatoms. The second-order valence-electron chi connectivity index (χ2n) is 5.23. The number of methoxy groups -OCH3 is 1. The highest BCUT2D eigenvalue weighted by Gasteiger charge is 2.42. The van der Waals surface area contributed by atoms with Gasteiger partial charge in [-0.3, -0.25) is 4.79 Å². The van der Waals surface area contributed by atoms with Gasteiger partial charge in [-0.2, -0.15) is 0 Å². The second kappa shape index (κ2) is 4.97. The molecular weight excluding hydrogens is 248 g/mol. The van der Waals surface area contributed by atoms with E-state index >= 15 is 0 Å². The van der Waals surface area contributed by atoms with E-state index in [1.807, 2.05) is 5.38 Å². The number of amides is 1. The summed E-state index contributed by atoms with van der Waals surface area (Å²) in [6, 6.07) is 0.394. The van der Waals surface area contributed by atoms with Crippen molar-refractivity contribution < 1.29 is 9.53 Å². The highest BCUT2D eigenvalue weighted by atomic mass is 32.1. The molecule has 0 atom stereocenters. The van der Waals surface area contributed by atoms with Crippen LogP contribution in [0.3, 0.4) is 0 Å². The Morgan fingerprint density at radius 3 is 2.72 bits per heavy atom. The number of ether oxygens (including phenoxy) is 1. The summed E-state index contributed by atoms with van der Waals surface area (Å²) in [6.07, 6.45) is 5.09. The van der Waals surface area contributed by atoms with E-state index in [-0.39, 0.29) is 5.91 Å². The first-order valence-corrected chi connectivity index (χ1v) is 7.40. The van der Waals surface area contributed by atoms with E-state index in [0.717, 1.165) is 16.8 Å². The van der Waals surface area contributed by atoms with Crippen molar-refractivity contribution in [2.24, 2.45) is 11.8 Å². The van der Waals surface area contributed by atoms with Gasteiger partial charge in [0, 0.05) is 18.5 Å². The predicted octanol–water partition coefficient (Wildman–Crippen LogP) is 2.21. The van der Waals surface area contributed by atoms with Crippen molar-refractivity contribution >= 4 is 17.2 Å². The summed E-state index contributed by atoms with van der Waals surface area (Å²) in [5.41, 5.74) is 0.540. The number of rotatable bonds is 6. The molecule has 2 saturated carbocycles. The zero-order valence-electron chi connectivity index (χ0n) is 10.5. The molecule has 0 unspecified atom stereocenters. The van der Waals surface area contributed by atoms with E-state index in [1.54, 1.807) is 7.11 Å². The lowest BCUT2D eigenvalue weighted by atomic mass is 10.1. The maximum absolute atomic E-state index is 12.1. The molecule has 1 heterocycles. The number of hydrogen-bond acceptors (Lipinski definition) is 4. The van der Waals surface area contributed by atoms with Gasteiger partial charge in [-0.25, -0.2) is 4.98 Å². The van der Waals surface area contributed by atoms with Crippen LogP contribution in [0.1, 0.15) is 41.2 Å². The van der Waals surface area contributed by atoms with E-state index in [1.165, 1.54) is 37.0 Å². The summed E-state index contributed by atoms with van der Waals surface area (Å²) >= 11 is 1.48. The third-order valence-electron chi connectivity index (χ3n) is 3.61. The van der Waals surface area contributed by atoms with Gasteiger partial charge >= 0.3 is 0 Å². The number of thiazole rings is 1. The Balaban J connectivity index is 1.61. The van der Waals surface area contributed by atoms with Crippen LogP contribution in [-0.4, -0.2) is 24.0 Å². The van der Waals surface area contributed by atoms with Gasteiger partial charge in [-0.1, -0.05) is 0 Å². The summed E-state index contributed by atoms with van der Waals surface area (Å²) in [7, 11) is 1.64. The maximum Gasteiger partial charge on any atom is 0.270 e. The number of carbonyl (C=O) groups is 1. The van der Waals surface area contributed by atoms with Crippen LogP contribution in [0.5, 0.6) is 0 Å². The van der Waals surface area contributed by atoms with Gasteiger partial charge in [0.15, 0.2) is 0 Å². The van der Waals surface area contributed by atoms with E-state index in [2.05, 4.69) is 10.3 Å². The topological polar surface area (TPSA) is 51.2 Å². The van der Waals surface area contributed by atoms with E-state index < -0.39 is 0 Å². The van der Waals surface area contributed by atoms with Crippen LogP contribution in [0.25, 0.3) is 0 Å². The molecule has 0 radical (unpaired) electrons. The highest BCUT2D eigenvalue weighted by Crippen LogP contribution is 2.44. The summed E-state index contributed by atoms with van der Waals surface area (Å²) in [6.45, 7) is 0.479. The Kier molecular flexibility index (Phi) is 3.35. The number of nitrogens with zero attached hydrogens (tertiary/aromatic N) is 1. The molecule has 0 spiro atoms. The third-order valence-corrected chi connectivity index (χ3v) is 4.43. The molecule has 2 aliphatic carbocycles. The van der Waals surface area contributed by atoms with Crippen LogP contribution in [0.15, 0.2) is 5.38 Å². The minimum absolute atomic E-state index is 0.0163. The standard InChI is InChI=1S/C13H18N2O2S/c1-17-6-11-14-10(7-18-11)13(16)15-12(8-2-3-8)9-4-5-9/h7-9,12H,2-6H2,1H3,(H,15,16). The Morgan fingerprint density at radius 1 is 1.50 bits per heavy atom. The molecule has 1 amide bonds. The Hall–Kier alpha value is -0.940. The molecule has 0 aromatic carbocycles. The first kappa shape index (κ1) is 12.1. The van der Waals surface area contributed by atoms with Crippen molar-refractivity contribution in [3.05, 3.63) is 16.1 Å². The zero-order chi connectivity index (χ0) is 12.5. The summed E-state index contributed by atoms with van der Waals surface area (Å²) in [5, 5.41) is 5.86. The van der Waals surface area contributed by atoms with E-state index in [4.69, 9.17) is 4.74 Å². The predicted molar refractivity (Wildman–Crippen MR) is 69.5 cm³/mol. The monoisotopic (exact) mass is 266 g/mol. The highest BCUT2D eigenvalue weighted by molar-refractivity contribution is 7.09. The lowest BCUT2D eigenvalue weighted by Gasteiger charge is -2.16. The van der Waals surface area contributed by atoms with Crippen molar-refractivity contribution in [3.8, 4) is 0 Å². The molecule has 1 N–H and O–H groups in total. The van der Waals surface area contributed by atoms with Crippen molar-refractivity contribution in [1.29, 1.82) is 0 Å². The average Bonchev–Trinajstić information content (AvgIpc) is 3.26. The van der Waals surface area contributed by atoms with Crippen LogP contribution in [0.4, 0.5) is 0 Å². The third kappa shape index (κ3) is 2.72. The first-order chi connectivity index (χ1) is 8.78. The van der Waals surface area contributed by atoms with Crippen molar-refractivity contribution in [3.63, 3.8) is 0 Å². The van der Waals surface area contributed by atoms with Crippen LogP contribution in [0.2, 0.25) is 0 Å². The SMILES string of the molecule is COCc1nc(C(=O)NC(C2CC2)C2CC2)cs1. The minimum atomic E-state index is -0.0163. The maximum atomic E-state index is 12.1. The summed E-state index contributed by atoms with van der Waals surface area (Å²) in [5.74, 6) is 1.43. The molecule has 0 aliphatic heterocycles. The molecule has 0 saturated heterocycles. The molecule has 18 heavy (non-hydrogen) atoms. The van der Waals surface area contributed by atoms with Gasteiger partial charge in [0.25, 0.3) is 5.91 Å². The van der Waals surface area contributed by atoms with E-state index in [9.17, 15) is 4.79 Å². The Morgan fingerprint density at radius 2 is 2.17 bits per heavy atom. The van der Waals surface area contributed by atoms with Crippen molar-refractivity contribution in [2.45, 2.75) is 38.3 Å². The van der Waals surface area contributed by atoms with Crippen molar-refractivity contribution in [1.82, 2.24) is 10.3 Å². The molecule has 3 rings (SSSR count). The zero-order valence-corrected chi connectivity index (χ0v) is 11.3. The molecular formula is C13H18N2O2S. The molecule has 1 aromatic heterocycles. The second-order valence-corrected chi connectivity index (χ2v) is 6.18. The van der Waals surface area contributed by atoms with E-state index in [0.29, 0.717) is 18.3 Å². The minimum Gasteiger partial charge on any atom is -0.378 e. The van der Waals surface area contributed by atoms with Crippen LogP contribution < -0.4 is 5.32 Å². The Bertz CT molecular complexity index is 426. The molecule has 0 bridgehead atoms. The number of hydrogen-bond donors (Lipinski definition) is 1. The fraction of sp³-hybridized carbons (Fsp3) is 0.692. The lowest BCUT2D eigenvalue weighted by Crippen LogP contribution is -2.38. The molecule has 2 fully saturated rings. The normalized spacial score (nSPS) is 19.2. The number of aromatic nitrogens is 1. The van der Waals surface area contributed by atoms with Gasteiger partial charge in [-0.15, -0.1) is 11.3 Å². The molecule has 2 aliphatic rings. The molecule has 98 valence electrons. The fourth-order valence-electron chi connectivity index (χ4n) is 2.36. The number of carbonyl (C=O) groups excluding carboxylic acids is 1. The van der Waals surface area contributed by atoms with Crippen LogP contribution >= 0.6 is 11.3 Å².